The fraction of sp³-hybridized carbons (Fsp3) is 0.562. The van der Waals surface area contributed by atoms with E-state index in [1.54, 1.807) is 17.0 Å². The van der Waals surface area contributed by atoms with Crippen molar-refractivity contribution in [2.24, 2.45) is 23.5 Å². The standard InChI is InChI=1S/C16H21FN2O/c17-14-3-1-4-15(10-14)19(6-2-5-18)16(20)13-8-11-7-12(11)9-13/h1,3-4,10-13H,2,5-9,18H2. The second kappa shape index (κ2) is 5.52. The maximum Gasteiger partial charge on any atom is 0.230 e. The van der Waals surface area contributed by atoms with E-state index in [1.165, 1.54) is 18.6 Å². The molecule has 2 aliphatic carbocycles. The number of hydrogen-bond donors (Lipinski definition) is 1. The van der Waals surface area contributed by atoms with Crippen LogP contribution in [0.25, 0.3) is 0 Å². The lowest BCUT2D eigenvalue weighted by molar-refractivity contribution is -0.122. The molecule has 20 heavy (non-hydrogen) atoms. The Morgan fingerprint density at radius 1 is 1.30 bits per heavy atom. The molecule has 3 rings (SSSR count). The minimum atomic E-state index is -0.303. The highest BCUT2D eigenvalue weighted by molar-refractivity contribution is 5.95. The number of rotatable bonds is 5. The molecule has 4 heteroatoms. The number of carbonyl (C=O) groups excluding carboxylic acids is 1. The average Bonchev–Trinajstić information content (AvgIpc) is 3.05. The third-order valence-corrected chi connectivity index (χ3v) is 4.56. The lowest BCUT2D eigenvalue weighted by Crippen LogP contribution is -2.37. The predicted octanol–water partition coefficient (Wildman–Crippen LogP) is 2.55. The van der Waals surface area contributed by atoms with Crippen LogP contribution in [0.4, 0.5) is 10.1 Å². The normalized spacial score (nSPS) is 27.2. The lowest BCUT2D eigenvalue weighted by Gasteiger charge is -2.26. The number of nitrogens with zero attached hydrogens (tertiary/aromatic N) is 1. The molecule has 2 atom stereocenters. The van der Waals surface area contributed by atoms with E-state index in [4.69, 9.17) is 5.73 Å². The summed E-state index contributed by atoms with van der Waals surface area (Å²) in [5.74, 6) is 1.51. The second-order valence-electron chi connectivity index (χ2n) is 6.04. The van der Waals surface area contributed by atoms with Crippen LogP contribution in [0.1, 0.15) is 25.7 Å². The summed E-state index contributed by atoms with van der Waals surface area (Å²) in [6, 6.07) is 6.29. The molecule has 0 spiro atoms. The zero-order valence-corrected chi connectivity index (χ0v) is 11.6. The number of carbonyl (C=O) groups is 1. The van der Waals surface area contributed by atoms with Crippen molar-refractivity contribution in [2.75, 3.05) is 18.0 Å². The molecule has 108 valence electrons. The van der Waals surface area contributed by atoms with Crippen LogP contribution in [0.2, 0.25) is 0 Å². The highest BCUT2D eigenvalue weighted by atomic mass is 19.1. The first-order valence-electron chi connectivity index (χ1n) is 7.46. The van der Waals surface area contributed by atoms with Gasteiger partial charge in [-0.3, -0.25) is 4.79 Å². The molecular weight excluding hydrogens is 255 g/mol. The smallest absolute Gasteiger partial charge is 0.230 e. The Kier molecular flexibility index (Phi) is 3.74. The number of hydrogen-bond acceptors (Lipinski definition) is 2. The van der Waals surface area contributed by atoms with E-state index in [0.717, 1.165) is 31.1 Å². The monoisotopic (exact) mass is 276 g/mol. The molecule has 2 N–H and O–H groups in total. The van der Waals surface area contributed by atoms with E-state index in [-0.39, 0.29) is 17.6 Å². The number of benzene rings is 1. The van der Waals surface area contributed by atoms with Gasteiger partial charge in [0.25, 0.3) is 0 Å². The molecule has 2 fully saturated rings. The van der Waals surface area contributed by atoms with E-state index in [0.29, 0.717) is 18.8 Å². The van der Waals surface area contributed by atoms with Crippen molar-refractivity contribution in [3.8, 4) is 0 Å². The third-order valence-electron chi connectivity index (χ3n) is 4.56. The van der Waals surface area contributed by atoms with Crippen LogP contribution in [0.3, 0.4) is 0 Å². The van der Waals surface area contributed by atoms with E-state index in [2.05, 4.69) is 0 Å². The van der Waals surface area contributed by atoms with Crippen LogP contribution in [-0.2, 0) is 4.79 Å². The molecule has 0 saturated heterocycles. The first kappa shape index (κ1) is 13.6. The van der Waals surface area contributed by atoms with Crippen molar-refractivity contribution >= 4 is 11.6 Å². The van der Waals surface area contributed by atoms with Crippen LogP contribution in [-0.4, -0.2) is 19.0 Å². The predicted molar refractivity (Wildman–Crippen MR) is 76.7 cm³/mol. The molecule has 1 amide bonds. The zero-order chi connectivity index (χ0) is 14.1. The van der Waals surface area contributed by atoms with Gasteiger partial charge in [-0.1, -0.05) is 6.07 Å². The Labute approximate surface area is 118 Å². The lowest BCUT2D eigenvalue weighted by atomic mass is 10.0. The van der Waals surface area contributed by atoms with E-state index in [9.17, 15) is 9.18 Å². The van der Waals surface area contributed by atoms with Crippen molar-refractivity contribution in [1.82, 2.24) is 0 Å². The van der Waals surface area contributed by atoms with Gasteiger partial charge in [0.15, 0.2) is 0 Å². The maximum absolute atomic E-state index is 13.4. The molecule has 0 aliphatic heterocycles. The van der Waals surface area contributed by atoms with Gasteiger partial charge in [0.1, 0.15) is 5.82 Å². The van der Waals surface area contributed by atoms with Gasteiger partial charge in [-0.2, -0.15) is 0 Å². The Morgan fingerprint density at radius 2 is 2.05 bits per heavy atom. The molecule has 0 bridgehead atoms. The molecule has 2 saturated carbocycles. The molecule has 3 nitrogen and oxygen atoms in total. The third kappa shape index (κ3) is 2.70. The summed E-state index contributed by atoms with van der Waals surface area (Å²) in [5, 5.41) is 0. The highest BCUT2D eigenvalue weighted by Crippen LogP contribution is 2.54. The van der Waals surface area contributed by atoms with Crippen molar-refractivity contribution < 1.29 is 9.18 Å². The minimum Gasteiger partial charge on any atom is -0.330 e. The van der Waals surface area contributed by atoms with Crippen LogP contribution in [0.15, 0.2) is 24.3 Å². The average molecular weight is 276 g/mol. The topological polar surface area (TPSA) is 46.3 Å². The molecular formula is C16H21FN2O. The van der Waals surface area contributed by atoms with Gasteiger partial charge in [-0.05, 0) is 62.3 Å². The Bertz CT molecular complexity index is 495. The fourth-order valence-electron chi connectivity index (χ4n) is 3.40. The summed E-state index contributed by atoms with van der Waals surface area (Å²) in [7, 11) is 0. The van der Waals surface area contributed by atoms with Crippen molar-refractivity contribution in [3.05, 3.63) is 30.1 Å². The number of anilines is 1. The van der Waals surface area contributed by atoms with Gasteiger partial charge in [-0.15, -0.1) is 0 Å². The van der Waals surface area contributed by atoms with E-state index < -0.39 is 0 Å². The molecule has 1 aromatic carbocycles. The van der Waals surface area contributed by atoms with Gasteiger partial charge >= 0.3 is 0 Å². The Balaban J connectivity index is 1.76. The molecule has 1 aromatic rings. The number of amides is 1. The Morgan fingerprint density at radius 3 is 2.70 bits per heavy atom. The van der Waals surface area contributed by atoms with Crippen LogP contribution in [0, 0.1) is 23.6 Å². The second-order valence-corrected chi connectivity index (χ2v) is 6.04. The summed E-state index contributed by atoms with van der Waals surface area (Å²) >= 11 is 0. The van der Waals surface area contributed by atoms with Gasteiger partial charge < -0.3 is 10.6 Å². The number of nitrogens with two attached hydrogens (primary N) is 1. The molecule has 2 aliphatic rings. The van der Waals surface area contributed by atoms with Gasteiger partial charge in [-0.25, -0.2) is 4.39 Å². The summed E-state index contributed by atoms with van der Waals surface area (Å²) in [6.07, 6.45) is 4.06. The first-order chi connectivity index (χ1) is 9.69. The quantitative estimate of drug-likeness (QED) is 0.898. The van der Waals surface area contributed by atoms with Gasteiger partial charge in [0.05, 0.1) is 0 Å². The van der Waals surface area contributed by atoms with E-state index in [1.807, 2.05) is 0 Å². The summed E-state index contributed by atoms with van der Waals surface area (Å²) in [5.41, 5.74) is 6.21. The summed E-state index contributed by atoms with van der Waals surface area (Å²) in [6.45, 7) is 1.11. The van der Waals surface area contributed by atoms with Crippen molar-refractivity contribution in [1.29, 1.82) is 0 Å². The van der Waals surface area contributed by atoms with Crippen LogP contribution < -0.4 is 10.6 Å². The van der Waals surface area contributed by atoms with Crippen molar-refractivity contribution in [2.45, 2.75) is 25.7 Å². The van der Waals surface area contributed by atoms with Gasteiger partial charge in [0, 0.05) is 18.2 Å². The highest BCUT2D eigenvalue weighted by Gasteiger charge is 2.48. The van der Waals surface area contributed by atoms with Gasteiger partial charge in [0.2, 0.25) is 5.91 Å². The largest absolute Gasteiger partial charge is 0.330 e. The molecule has 0 radical (unpaired) electrons. The molecule has 2 unspecified atom stereocenters. The van der Waals surface area contributed by atoms with E-state index >= 15 is 0 Å². The number of halogens is 1. The maximum atomic E-state index is 13.4. The zero-order valence-electron chi connectivity index (χ0n) is 11.6. The summed E-state index contributed by atoms with van der Waals surface area (Å²) < 4.78 is 13.4. The molecule has 0 heterocycles. The number of fused-ring (bicyclic) bond motifs is 1. The van der Waals surface area contributed by atoms with Crippen molar-refractivity contribution in [3.63, 3.8) is 0 Å². The Hall–Kier alpha value is -1.42. The SMILES string of the molecule is NCCCN(C(=O)C1CC2CC2C1)c1cccc(F)c1. The fourth-order valence-corrected chi connectivity index (χ4v) is 3.40. The van der Waals surface area contributed by atoms with Crippen LogP contribution >= 0.6 is 0 Å². The minimum absolute atomic E-state index is 0.125. The summed E-state index contributed by atoms with van der Waals surface area (Å²) in [4.78, 5) is 14.4. The van der Waals surface area contributed by atoms with Crippen LogP contribution in [0.5, 0.6) is 0 Å². The first-order valence-corrected chi connectivity index (χ1v) is 7.46. The molecule has 0 aromatic heterocycles.